The summed E-state index contributed by atoms with van der Waals surface area (Å²) in [7, 11) is -2.85. The number of sulfonamides is 1. The quantitative estimate of drug-likeness (QED) is 0.652. The Morgan fingerprint density at radius 3 is 2.78 bits per heavy atom. The maximum atomic E-state index is 14.1. The molecular formula is C17H12ClFN4O3S. The van der Waals surface area contributed by atoms with E-state index in [2.05, 4.69) is 14.7 Å². The number of hydrogen-bond acceptors (Lipinski definition) is 6. The van der Waals surface area contributed by atoms with Crippen molar-refractivity contribution in [1.29, 1.82) is 5.26 Å². The number of rotatable bonds is 5. The van der Waals surface area contributed by atoms with Crippen molar-refractivity contribution in [2.75, 3.05) is 11.8 Å². The molecule has 3 rings (SSSR count). The number of methoxy groups -OCH3 is 1. The Morgan fingerprint density at radius 2 is 2.07 bits per heavy atom. The highest BCUT2D eigenvalue weighted by Crippen LogP contribution is 2.29. The molecule has 0 radical (unpaired) electrons. The first-order valence-electron chi connectivity index (χ1n) is 7.54. The van der Waals surface area contributed by atoms with E-state index in [0.29, 0.717) is 10.9 Å². The van der Waals surface area contributed by atoms with Crippen molar-refractivity contribution >= 4 is 38.2 Å². The molecule has 0 unspecified atom stereocenters. The fourth-order valence-electron chi connectivity index (χ4n) is 2.47. The highest BCUT2D eigenvalue weighted by molar-refractivity contribution is 7.93. The van der Waals surface area contributed by atoms with E-state index in [4.69, 9.17) is 21.6 Å². The maximum absolute atomic E-state index is 14.1. The monoisotopic (exact) mass is 406 g/mol. The van der Waals surface area contributed by atoms with Crippen LogP contribution in [0.15, 0.2) is 41.3 Å². The summed E-state index contributed by atoms with van der Waals surface area (Å²) in [6, 6.07) is 10.2. The van der Waals surface area contributed by atoms with E-state index < -0.39 is 15.8 Å². The van der Waals surface area contributed by atoms with Gasteiger partial charge in [0.15, 0.2) is 0 Å². The van der Waals surface area contributed by atoms with E-state index in [1.165, 1.54) is 31.4 Å². The number of nitrogens with one attached hydrogen (secondary N) is 1. The van der Waals surface area contributed by atoms with Crippen LogP contribution in [0.2, 0.25) is 5.15 Å². The second-order valence-corrected chi connectivity index (χ2v) is 7.41. The zero-order valence-corrected chi connectivity index (χ0v) is 15.5. The number of anilines is 1. The van der Waals surface area contributed by atoms with Gasteiger partial charge >= 0.3 is 0 Å². The van der Waals surface area contributed by atoms with E-state index in [0.717, 1.165) is 6.07 Å². The zero-order chi connectivity index (χ0) is 19.6. The van der Waals surface area contributed by atoms with Crippen molar-refractivity contribution in [3.8, 4) is 11.9 Å². The van der Waals surface area contributed by atoms with Gasteiger partial charge in [-0.1, -0.05) is 17.7 Å². The predicted molar refractivity (Wildman–Crippen MR) is 97.6 cm³/mol. The largest absolute Gasteiger partial charge is 0.479 e. The van der Waals surface area contributed by atoms with E-state index >= 15 is 0 Å². The lowest BCUT2D eigenvalue weighted by molar-refractivity contribution is 0.396. The van der Waals surface area contributed by atoms with Crippen molar-refractivity contribution in [2.24, 2.45) is 0 Å². The lowest BCUT2D eigenvalue weighted by atomic mass is 10.2. The fraction of sp³-hybridized carbons (Fsp3) is 0.118. The van der Waals surface area contributed by atoms with Crippen LogP contribution in [0.4, 0.5) is 10.1 Å². The smallest absolute Gasteiger partial charge is 0.262 e. The van der Waals surface area contributed by atoms with E-state index in [-0.39, 0.29) is 33.7 Å². The molecule has 0 amide bonds. The molecule has 0 bridgehead atoms. The van der Waals surface area contributed by atoms with Crippen LogP contribution in [0.3, 0.4) is 0 Å². The topological polar surface area (TPSA) is 105 Å². The summed E-state index contributed by atoms with van der Waals surface area (Å²) in [5.41, 5.74) is 0.0722. The van der Waals surface area contributed by atoms with Crippen molar-refractivity contribution in [2.45, 2.75) is 11.3 Å². The minimum atomic E-state index is -4.11. The van der Waals surface area contributed by atoms with Crippen molar-refractivity contribution in [1.82, 2.24) is 9.97 Å². The van der Waals surface area contributed by atoms with E-state index in [1.807, 2.05) is 0 Å². The zero-order valence-electron chi connectivity index (χ0n) is 13.9. The number of hydrogen-bond donors (Lipinski definition) is 1. The van der Waals surface area contributed by atoms with E-state index in [1.54, 1.807) is 12.1 Å². The number of aromatic nitrogens is 2. The Balaban J connectivity index is 2.08. The summed E-state index contributed by atoms with van der Waals surface area (Å²) in [4.78, 5) is 7.88. The van der Waals surface area contributed by atoms with Crippen LogP contribution in [-0.4, -0.2) is 25.5 Å². The van der Waals surface area contributed by atoms with Gasteiger partial charge in [-0.15, -0.1) is 0 Å². The molecule has 0 spiro atoms. The molecule has 1 aromatic carbocycles. The highest BCUT2D eigenvalue weighted by atomic mass is 35.5. The van der Waals surface area contributed by atoms with Gasteiger partial charge in [0.2, 0.25) is 5.88 Å². The second-order valence-electron chi connectivity index (χ2n) is 5.37. The lowest BCUT2D eigenvalue weighted by Gasteiger charge is -2.13. The van der Waals surface area contributed by atoms with Gasteiger partial charge in [-0.05, 0) is 24.3 Å². The standard InChI is InChI=1S/C17H12ClFN4O3S/c1-26-17-14(9-11(19)13(22-17)7-8-20)23-27(24,25)15-4-2-3-12-10(15)5-6-16(18)21-12/h2-6,9,23H,7H2,1H3. The molecular weight excluding hydrogens is 395 g/mol. The normalized spacial score (nSPS) is 11.2. The predicted octanol–water partition coefficient (Wildman–Crippen LogP) is 3.30. The number of ether oxygens (including phenoxy) is 1. The van der Waals surface area contributed by atoms with Crippen molar-refractivity contribution < 1.29 is 17.5 Å². The molecule has 0 aliphatic carbocycles. The minimum absolute atomic E-state index is 0.0623. The summed E-state index contributed by atoms with van der Waals surface area (Å²) in [5, 5.41) is 9.29. The summed E-state index contributed by atoms with van der Waals surface area (Å²) in [6.45, 7) is 0. The third-order valence-corrected chi connectivity index (χ3v) is 5.28. The molecule has 0 aliphatic heterocycles. The second kappa shape index (κ2) is 7.34. The fourth-order valence-corrected chi connectivity index (χ4v) is 3.89. The molecule has 27 heavy (non-hydrogen) atoms. The minimum Gasteiger partial charge on any atom is -0.479 e. The van der Waals surface area contributed by atoms with Crippen molar-refractivity contribution in [3.63, 3.8) is 0 Å². The molecule has 138 valence electrons. The summed E-state index contributed by atoms with van der Waals surface area (Å²) < 4.78 is 47.1. The average molecular weight is 407 g/mol. The molecule has 10 heteroatoms. The third-order valence-electron chi connectivity index (χ3n) is 3.65. The van der Waals surface area contributed by atoms with E-state index in [9.17, 15) is 12.8 Å². The molecule has 0 saturated heterocycles. The van der Waals surface area contributed by atoms with Gasteiger partial charge in [0.25, 0.3) is 10.0 Å². The first kappa shape index (κ1) is 18.8. The molecule has 2 heterocycles. The average Bonchev–Trinajstić information content (AvgIpc) is 2.63. The van der Waals surface area contributed by atoms with Crippen LogP contribution in [0, 0.1) is 17.1 Å². The van der Waals surface area contributed by atoms with Gasteiger partial charge in [-0.2, -0.15) is 5.26 Å². The van der Waals surface area contributed by atoms with Crippen LogP contribution in [-0.2, 0) is 16.4 Å². The van der Waals surface area contributed by atoms with Crippen LogP contribution in [0.25, 0.3) is 10.9 Å². The van der Waals surface area contributed by atoms with Gasteiger partial charge in [-0.25, -0.2) is 22.8 Å². The molecule has 1 N–H and O–H groups in total. The summed E-state index contributed by atoms with van der Waals surface area (Å²) >= 11 is 5.85. The number of fused-ring (bicyclic) bond motifs is 1. The van der Waals surface area contributed by atoms with Gasteiger partial charge in [-0.3, -0.25) is 4.72 Å². The SMILES string of the molecule is COc1nc(CC#N)c(F)cc1NS(=O)(=O)c1cccc2nc(Cl)ccc12. The van der Waals surface area contributed by atoms with Crippen LogP contribution in [0.5, 0.6) is 5.88 Å². The Kier molecular flexibility index (Phi) is 5.12. The number of nitriles is 1. The summed E-state index contributed by atoms with van der Waals surface area (Å²) in [6.07, 6.45) is -0.273. The van der Waals surface area contributed by atoms with Crippen molar-refractivity contribution in [3.05, 3.63) is 53.1 Å². The molecule has 0 fully saturated rings. The molecule has 0 atom stereocenters. The Labute approximate surface area is 159 Å². The van der Waals surface area contributed by atoms with Gasteiger partial charge in [0.1, 0.15) is 16.7 Å². The Hall–Kier alpha value is -2.96. The molecule has 0 aliphatic rings. The first-order valence-corrected chi connectivity index (χ1v) is 9.40. The van der Waals surface area contributed by atoms with Gasteiger partial charge in [0, 0.05) is 11.5 Å². The number of nitrogens with zero attached hydrogens (tertiary/aromatic N) is 3. The lowest BCUT2D eigenvalue weighted by Crippen LogP contribution is -2.15. The van der Waals surface area contributed by atoms with Gasteiger partial charge < -0.3 is 4.74 Å². The highest BCUT2D eigenvalue weighted by Gasteiger charge is 2.22. The first-order chi connectivity index (χ1) is 12.9. The Morgan fingerprint density at radius 1 is 1.30 bits per heavy atom. The molecule has 0 saturated carbocycles. The number of benzene rings is 1. The van der Waals surface area contributed by atoms with Gasteiger partial charge in [0.05, 0.1) is 35.7 Å². The summed E-state index contributed by atoms with van der Waals surface area (Å²) in [5.74, 6) is -0.965. The molecule has 2 aromatic heterocycles. The number of halogens is 2. The Bertz CT molecular complexity index is 1180. The maximum Gasteiger partial charge on any atom is 0.262 e. The number of pyridine rings is 2. The van der Waals surface area contributed by atoms with Crippen LogP contribution < -0.4 is 9.46 Å². The third kappa shape index (κ3) is 3.77. The van der Waals surface area contributed by atoms with Crippen LogP contribution in [0.1, 0.15) is 5.69 Å². The molecule has 3 aromatic rings. The van der Waals surface area contributed by atoms with Crippen LogP contribution >= 0.6 is 11.6 Å². The molecule has 7 nitrogen and oxygen atoms in total.